The number of carbonyl (C=O) groups is 2. The molecule has 0 spiro atoms. The Morgan fingerprint density at radius 3 is 2.50 bits per heavy atom. The molecule has 0 fully saturated rings. The number of benzene rings is 4. The molecule has 1 atom stereocenters. The molecule has 9 nitrogen and oxygen atoms in total. The summed E-state index contributed by atoms with van der Waals surface area (Å²) in [6.07, 6.45) is 0. The third kappa shape index (κ3) is 6.27. The number of hydrogen-bond donors (Lipinski definition) is 1. The summed E-state index contributed by atoms with van der Waals surface area (Å²) in [6.45, 7) is 0.370. The van der Waals surface area contributed by atoms with Gasteiger partial charge in [-0.25, -0.2) is 0 Å². The molecule has 4 aromatic carbocycles. The normalized spacial score (nSPS) is 14.6. The molecule has 48 heavy (non-hydrogen) atoms. The van der Waals surface area contributed by atoms with Crippen LogP contribution >= 0.6 is 34.7 Å². The highest BCUT2D eigenvalue weighted by Crippen LogP contribution is 2.45. The molecule has 2 aromatic heterocycles. The van der Waals surface area contributed by atoms with Gasteiger partial charge >= 0.3 is 0 Å². The summed E-state index contributed by atoms with van der Waals surface area (Å²) < 4.78 is 17.9. The Morgan fingerprint density at radius 1 is 0.979 bits per heavy atom. The molecule has 12 heteroatoms. The van der Waals surface area contributed by atoms with Crippen molar-refractivity contribution < 1.29 is 28.6 Å². The first-order valence-corrected chi connectivity index (χ1v) is 16.9. The largest absolute Gasteiger partial charge is 0.503 e. The lowest BCUT2D eigenvalue weighted by molar-refractivity contribution is -0.117. The van der Waals surface area contributed by atoms with Crippen molar-refractivity contribution in [3.63, 3.8) is 0 Å². The van der Waals surface area contributed by atoms with Crippen molar-refractivity contribution in [2.24, 2.45) is 0 Å². The van der Waals surface area contributed by atoms with Crippen LogP contribution in [0.5, 0.6) is 11.5 Å². The van der Waals surface area contributed by atoms with Gasteiger partial charge in [-0.2, -0.15) is 0 Å². The monoisotopic (exact) mass is 695 g/mol. The van der Waals surface area contributed by atoms with Crippen molar-refractivity contribution in [1.82, 2.24) is 10.2 Å². The van der Waals surface area contributed by atoms with Crippen LogP contribution in [0, 0.1) is 0 Å². The number of methoxy groups -OCH3 is 1. The average molecular weight is 696 g/mol. The van der Waals surface area contributed by atoms with Crippen LogP contribution in [0.15, 0.2) is 123 Å². The van der Waals surface area contributed by atoms with Crippen LogP contribution in [-0.4, -0.2) is 34.1 Å². The molecule has 0 aliphatic carbocycles. The number of para-hydroxylation sites is 1. The topological polar surface area (TPSA) is 115 Å². The molecule has 0 saturated heterocycles. The van der Waals surface area contributed by atoms with E-state index in [0.29, 0.717) is 49.8 Å². The predicted molar refractivity (Wildman–Crippen MR) is 185 cm³/mol. The molecule has 1 N–H and O–H groups in total. The first kappa shape index (κ1) is 31.5. The van der Waals surface area contributed by atoms with E-state index >= 15 is 0 Å². The Morgan fingerprint density at radius 2 is 1.75 bits per heavy atom. The molecule has 1 unspecified atom stereocenters. The molecular weight excluding hydrogens is 670 g/mol. The highest BCUT2D eigenvalue weighted by Gasteiger charge is 2.47. The molecule has 1 aliphatic rings. The van der Waals surface area contributed by atoms with Gasteiger partial charge in [-0.15, -0.1) is 10.2 Å². The number of carbonyl (C=O) groups excluding carboxylic acids is 2. The Bertz CT molecular complexity index is 2150. The molecule has 6 aromatic rings. The third-order valence-electron chi connectivity index (χ3n) is 7.73. The number of thioether (sulfide) groups is 1. The summed E-state index contributed by atoms with van der Waals surface area (Å²) in [5, 5.41) is 21.4. The average Bonchev–Trinajstić information content (AvgIpc) is 3.84. The van der Waals surface area contributed by atoms with E-state index in [0.717, 1.165) is 11.1 Å². The summed E-state index contributed by atoms with van der Waals surface area (Å²) in [5.41, 5.74) is 2.86. The minimum atomic E-state index is -1.02. The van der Waals surface area contributed by atoms with Crippen LogP contribution in [0.3, 0.4) is 0 Å². The van der Waals surface area contributed by atoms with Gasteiger partial charge in [0.15, 0.2) is 27.2 Å². The van der Waals surface area contributed by atoms with Crippen LogP contribution in [0.4, 0.5) is 5.13 Å². The fourth-order valence-electron chi connectivity index (χ4n) is 5.36. The molecule has 240 valence electrons. The van der Waals surface area contributed by atoms with E-state index in [4.69, 9.17) is 25.5 Å². The zero-order valence-electron chi connectivity index (χ0n) is 25.3. The Kier molecular flexibility index (Phi) is 8.90. The number of aromatic nitrogens is 2. The highest BCUT2D eigenvalue weighted by molar-refractivity contribution is 8.00. The van der Waals surface area contributed by atoms with Crippen molar-refractivity contribution in [3.05, 3.63) is 142 Å². The molecule has 0 radical (unpaired) electrons. The van der Waals surface area contributed by atoms with Crippen LogP contribution in [0.1, 0.15) is 33.3 Å². The van der Waals surface area contributed by atoms with Gasteiger partial charge in [0.05, 0.1) is 18.7 Å². The van der Waals surface area contributed by atoms with Gasteiger partial charge in [0, 0.05) is 16.2 Å². The second-order valence-electron chi connectivity index (χ2n) is 10.8. The van der Waals surface area contributed by atoms with Gasteiger partial charge in [-0.05, 0) is 53.1 Å². The number of anilines is 1. The SMILES string of the molecule is COc1cccc2cc(C(=O)C3=C(O)C(=O)N(c4nnc(SCc5ccc(Cl)cc5)s4)C3c3ccc(OCc4ccccc4)cc3)oc12. The van der Waals surface area contributed by atoms with E-state index in [2.05, 4.69) is 10.2 Å². The van der Waals surface area contributed by atoms with Gasteiger partial charge in [0.1, 0.15) is 12.4 Å². The number of aliphatic hydroxyl groups excluding tert-OH is 1. The standard InChI is InChI=1S/C36H26ClN3O6S2/c1-44-27-9-5-8-24-18-28(46-33(24)27)31(41)29-30(23-12-16-26(17-13-23)45-19-21-6-3-2-4-7-21)40(34(43)32(29)42)35-38-39-36(48-35)47-20-22-10-14-25(37)15-11-22/h2-18,30,42H,19-20H2,1H3. The Labute approximate surface area is 288 Å². The second kappa shape index (κ2) is 13.6. The van der Waals surface area contributed by atoms with E-state index in [9.17, 15) is 14.7 Å². The summed E-state index contributed by atoms with van der Waals surface area (Å²) in [6, 6.07) is 30.1. The molecule has 3 heterocycles. The zero-order chi connectivity index (χ0) is 33.2. The minimum absolute atomic E-state index is 0.0463. The summed E-state index contributed by atoms with van der Waals surface area (Å²) in [7, 11) is 1.51. The van der Waals surface area contributed by atoms with Crippen molar-refractivity contribution in [1.29, 1.82) is 0 Å². The molecule has 0 saturated carbocycles. The van der Waals surface area contributed by atoms with E-state index in [-0.39, 0.29) is 16.5 Å². The fraction of sp³-hybridized carbons (Fsp3) is 0.111. The number of rotatable bonds is 11. The van der Waals surface area contributed by atoms with E-state index < -0.39 is 23.5 Å². The number of furan rings is 1. The molecule has 1 amide bonds. The summed E-state index contributed by atoms with van der Waals surface area (Å²) in [5.74, 6) is -0.488. The first-order chi connectivity index (χ1) is 23.4. The number of fused-ring (bicyclic) bond motifs is 1. The fourth-order valence-corrected chi connectivity index (χ4v) is 7.31. The third-order valence-corrected chi connectivity index (χ3v) is 10.1. The summed E-state index contributed by atoms with van der Waals surface area (Å²) in [4.78, 5) is 29.2. The van der Waals surface area contributed by atoms with Crippen LogP contribution in [0.25, 0.3) is 11.0 Å². The number of hydrogen-bond acceptors (Lipinski definition) is 10. The number of aliphatic hydroxyl groups is 1. The number of Topliss-reactive ketones (excluding diaryl/α,β-unsaturated/α-hetero) is 1. The van der Waals surface area contributed by atoms with Crippen LogP contribution in [-0.2, 0) is 17.2 Å². The van der Waals surface area contributed by atoms with Gasteiger partial charge < -0.3 is 19.0 Å². The lowest BCUT2D eigenvalue weighted by atomic mass is 9.95. The Hall–Kier alpha value is -5.10. The number of amides is 1. The molecular formula is C36H26ClN3O6S2. The van der Waals surface area contributed by atoms with E-state index in [1.165, 1.54) is 35.1 Å². The van der Waals surface area contributed by atoms with Crippen LogP contribution in [0.2, 0.25) is 5.02 Å². The quantitative estimate of drug-likeness (QED) is 0.0808. The Balaban J connectivity index is 1.22. The van der Waals surface area contributed by atoms with Gasteiger partial charge in [-0.1, -0.05) is 101 Å². The lowest BCUT2D eigenvalue weighted by Gasteiger charge is -2.24. The van der Waals surface area contributed by atoms with Crippen LogP contribution < -0.4 is 14.4 Å². The number of ether oxygens (including phenoxy) is 2. The van der Waals surface area contributed by atoms with Gasteiger partial charge in [0.2, 0.25) is 10.9 Å². The van der Waals surface area contributed by atoms with Crippen molar-refractivity contribution in [3.8, 4) is 11.5 Å². The van der Waals surface area contributed by atoms with Crippen molar-refractivity contribution in [2.75, 3.05) is 12.0 Å². The molecule has 1 aliphatic heterocycles. The number of nitrogens with zero attached hydrogens (tertiary/aromatic N) is 3. The highest BCUT2D eigenvalue weighted by atomic mass is 35.5. The van der Waals surface area contributed by atoms with E-state index in [1.54, 1.807) is 48.5 Å². The summed E-state index contributed by atoms with van der Waals surface area (Å²) >= 11 is 8.66. The predicted octanol–water partition coefficient (Wildman–Crippen LogP) is 8.60. The van der Waals surface area contributed by atoms with E-state index in [1.807, 2.05) is 54.6 Å². The number of ketones is 1. The molecule has 7 rings (SSSR count). The first-order valence-electron chi connectivity index (χ1n) is 14.7. The second-order valence-corrected chi connectivity index (χ2v) is 13.4. The minimum Gasteiger partial charge on any atom is -0.503 e. The maximum Gasteiger partial charge on any atom is 0.296 e. The smallest absolute Gasteiger partial charge is 0.296 e. The van der Waals surface area contributed by atoms with Crippen molar-refractivity contribution in [2.45, 2.75) is 22.7 Å². The number of halogens is 1. The van der Waals surface area contributed by atoms with Crippen molar-refractivity contribution >= 4 is 62.5 Å². The van der Waals surface area contributed by atoms with Gasteiger partial charge in [-0.3, -0.25) is 14.5 Å². The molecule has 0 bridgehead atoms. The maximum atomic E-state index is 14.1. The maximum absolute atomic E-state index is 14.1. The van der Waals surface area contributed by atoms with Gasteiger partial charge in [0.25, 0.3) is 5.91 Å². The zero-order valence-corrected chi connectivity index (χ0v) is 27.7. The lowest BCUT2D eigenvalue weighted by Crippen LogP contribution is -2.31.